The maximum atomic E-state index is 11.8. The molecule has 1 amide bonds. The van der Waals surface area contributed by atoms with Gasteiger partial charge in [0.05, 0.1) is 11.5 Å². The van der Waals surface area contributed by atoms with Gasteiger partial charge in [-0.15, -0.1) is 0 Å². The Morgan fingerprint density at radius 2 is 1.84 bits per heavy atom. The largest absolute Gasteiger partial charge is 0.352 e. The van der Waals surface area contributed by atoms with E-state index in [2.05, 4.69) is 10.2 Å². The van der Waals surface area contributed by atoms with Gasteiger partial charge in [-0.2, -0.15) is 0 Å². The van der Waals surface area contributed by atoms with Gasteiger partial charge in [0.25, 0.3) is 0 Å². The van der Waals surface area contributed by atoms with E-state index in [1.165, 1.54) is 25.7 Å². The van der Waals surface area contributed by atoms with E-state index in [0.717, 1.165) is 19.6 Å². The summed E-state index contributed by atoms with van der Waals surface area (Å²) in [5.74, 6) is 0.318. The predicted octanol–water partition coefficient (Wildman–Crippen LogP) is 0.556. The molecule has 2 aliphatic heterocycles. The molecule has 0 bridgehead atoms. The number of carbonyl (C=O) groups excluding carboxylic acids is 1. The molecule has 0 radical (unpaired) electrons. The first-order valence-corrected chi connectivity index (χ1v) is 9.09. The van der Waals surface area contributed by atoms with E-state index in [4.69, 9.17) is 0 Å². The number of amides is 1. The summed E-state index contributed by atoms with van der Waals surface area (Å²) in [6.07, 6.45) is 6.09. The normalized spacial score (nSPS) is 27.9. The van der Waals surface area contributed by atoms with Crippen LogP contribution in [0.4, 0.5) is 0 Å². The fourth-order valence-corrected chi connectivity index (χ4v) is 4.50. The highest BCUT2D eigenvalue weighted by atomic mass is 32.2. The second-order valence-corrected chi connectivity index (χ2v) is 7.90. The third kappa shape index (κ3) is 5.10. The summed E-state index contributed by atoms with van der Waals surface area (Å²) in [5.41, 5.74) is 0. The number of nitrogens with one attached hydrogen (secondary N) is 1. The lowest BCUT2D eigenvalue weighted by molar-refractivity contribution is -0.122. The standard InChI is InChI=1S/C13H24N2O3S/c16-13(14-12-6-10-19(17,18)11-12)5-9-15-7-3-1-2-4-8-15/h12H,1-11H2,(H,14,16). The van der Waals surface area contributed by atoms with Crippen LogP contribution in [0.1, 0.15) is 38.5 Å². The van der Waals surface area contributed by atoms with Gasteiger partial charge in [-0.3, -0.25) is 4.79 Å². The summed E-state index contributed by atoms with van der Waals surface area (Å²) < 4.78 is 22.6. The zero-order chi connectivity index (χ0) is 13.7. The van der Waals surface area contributed by atoms with Crippen molar-refractivity contribution in [3.8, 4) is 0 Å². The second kappa shape index (κ2) is 6.70. The quantitative estimate of drug-likeness (QED) is 0.820. The van der Waals surface area contributed by atoms with Crippen molar-refractivity contribution in [1.29, 1.82) is 0 Å². The number of hydrogen-bond donors (Lipinski definition) is 1. The summed E-state index contributed by atoms with van der Waals surface area (Å²) in [5, 5.41) is 2.84. The van der Waals surface area contributed by atoms with Crippen molar-refractivity contribution >= 4 is 15.7 Å². The molecule has 0 saturated carbocycles. The molecule has 2 rings (SSSR count). The van der Waals surface area contributed by atoms with Gasteiger partial charge in [0, 0.05) is 19.0 Å². The smallest absolute Gasteiger partial charge is 0.221 e. The third-order valence-corrected chi connectivity index (χ3v) is 5.72. The summed E-state index contributed by atoms with van der Waals surface area (Å²) in [7, 11) is -2.91. The lowest BCUT2D eigenvalue weighted by Gasteiger charge is -2.19. The molecule has 110 valence electrons. The van der Waals surface area contributed by atoms with E-state index in [1.807, 2.05) is 0 Å². The molecule has 2 fully saturated rings. The minimum atomic E-state index is -2.91. The second-order valence-electron chi connectivity index (χ2n) is 5.67. The van der Waals surface area contributed by atoms with E-state index in [9.17, 15) is 13.2 Å². The van der Waals surface area contributed by atoms with Crippen LogP contribution in [0, 0.1) is 0 Å². The monoisotopic (exact) mass is 288 g/mol. The molecular formula is C13H24N2O3S. The molecule has 2 aliphatic rings. The molecule has 0 aromatic rings. The molecule has 1 N–H and O–H groups in total. The predicted molar refractivity (Wildman–Crippen MR) is 74.7 cm³/mol. The maximum absolute atomic E-state index is 11.8. The molecule has 1 unspecified atom stereocenters. The highest BCUT2D eigenvalue weighted by Gasteiger charge is 2.28. The summed E-state index contributed by atoms with van der Waals surface area (Å²) in [4.78, 5) is 14.2. The van der Waals surface area contributed by atoms with Crippen molar-refractivity contribution < 1.29 is 13.2 Å². The first-order valence-electron chi connectivity index (χ1n) is 7.27. The van der Waals surface area contributed by atoms with Crippen molar-refractivity contribution in [2.24, 2.45) is 0 Å². The lowest BCUT2D eigenvalue weighted by atomic mass is 10.2. The zero-order valence-electron chi connectivity index (χ0n) is 11.4. The Labute approximate surface area is 115 Å². The summed E-state index contributed by atoms with van der Waals surface area (Å²) in [6, 6.07) is -0.165. The zero-order valence-corrected chi connectivity index (χ0v) is 12.3. The van der Waals surface area contributed by atoms with Crippen LogP contribution < -0.4 is 5.32 Å². The van der Waals surface area contributed by atoms with Crippen molar-refractivity contribution in [2.75, 3.05) is 31.1 Å². The Balaban J connectivity index is 1.67. The van der Waals surface area contributed by atoms with Crippen molar-refractivity contribution in [1.82, 2.24) is 10.2 Å². The Bertz CT molecular complexity index is 400. The lowest BCUT2D eigenvalue weighted by Crippen LogP contribution is -2.38. The van der Waals surface area contributed by atoms with Gasteiger partial charge in [-0.05, 0) is 32.4 Å². The van der Waals surface area contributed by atoms with E-state index >= 15 is 0 Å². The number of hydrogen-bond acceptors (Lipinski definition) is 4. The van der Waals surface area contributed by atoms with Crippen LogP contribution in [0.25, 0.3) is 0 Å². The van der Waals surface area contributed by atoms with Crippen LogP contribution in [0.15, 0.2) is 0 Å². The first-order chi connectivity index (χ1) is 9.05. The molecule has 5 nitrogen and oxygen atoms in total. The van der Waals surface area contributed by atoms with Gasteiger partial charge in [-0.25, -0.2) is 8.42 Å². The molecule has 0 spiro atoms. The van der Waals surface area contributed by atoms with Crippen LogP contribution >= 0.6 is 0 Å². The molecule has 2 saturated heterocycles. The molecule has 0 aromatic heterocycles. The van der Waals surface area contributed by atoms with Gasteiger partial charge >= 0.3 is 0 Å². The van der Waals surface area contributed by atoms with Crippen LogP contribution in [-0.4, -0.2) is 56.4 Å². The number of carbonyl (C=O) groups is 1. The molecule has 6 heteroatoms. The van der Waals surface area contributed by atoms with E-state index in [0.29, 0.717) is 12.8 Å². The Morgan fingerprint density at radius 1 is 1.16 bits per heavy atom. The Kier molecular flexibility index (Phi) is 5.21. The molecular weight excluding hydrogens is 264 g/mol. The molecule has 19 heavy (non-hydrogen) atoms. The summed E-state index contributed by atoms with van der Waals surface area (Å²) in [6.45, 7) is 2.97. The Hall–Kier alpha value is -0.620. The average molecular weight is 288 g/mol. The fourth-order valence-electron chi connectivity index (χ4n) is 2.83. The Morgan fingerprint density at radius 3 is 2.42 bits per heavy atom. The van der Waals surface area contributed by atoms with Crippen LogP contribution in [0.3, 0.4) is 0 Å². The maximum Gasteiger partial charge on any atom is 0.221 e. The van der Waals surface area contributed by atoms with Gasteiger partial charge in [0.2, 0.25) is 5.91 Å². The van der Waals surface area contributed by atoms with Crippen molar-refractivity contribution in [3.63, 3.8) is 0 Å². The van der Waals surface area contributed by atoms with Gasteiger partial charge in [0.15, 0.2) is 9.84 Å². The number of likely N-dealkylation sites (tertiary alicyclic amines) is 1. The first kappa shape index (κ1) is 14.8. The van der Waals surface area contributed by atoms with Crippen LogP contribution in [0.5, 0.6) is 0 Å². The number of sulfone groups is 1. The van der Waals surface area contributed by atoms with Gasteiger partial charge in [-0.1, -0.05) is 12.8 Å². The topological polar surface area (TPSA) is 66.5 Å². The SMILES string of the molecule is O=C(CCN1CCCCCC1)NC1CCS(=O)(=O)C1. The molecule has 0 aromatic carbocycles. The van der Waals surface area contributed by atoms with E-state index < -0.39 is 9.84 Å². The van der Waals surface area contributed by atoms with E-state index in [-0.39, 0.29) is 23.5 Å². The number of rotatable bonds is 4. The minimum absolute atomic E-state index is 0.00801. The van der Waals surface area contributed by atoms with Gasteiger partial charge < -0.3 is 10.2 Å². The summed E-state index contributed by atoms with van der Waals surface area (Å²) >= 11 is 0. The van der Waals surface area contributed by atoms with Crippen LogP contribution in [-0.2, 0) is 14.6 Å². The average Bonchev–Trinajstić information content (AvgIpc) is 2.57. The van der Waals surface area contributed by atoms with Gasteiger partial charge in [0.1, 0.15) is 0 Å². The highest BCUT2D eigenvalue weighted by molar-refractivity contribution is 7.91. The third-order valence-electron chi connectivity index (χ3n) is 3.95. The van der Waals surface area contributed by atoms with Crippen molar-refractivity contribution in [3.05, 3.63) is 0 Å². The van der Waals surface area contributed by atoms with Crippen molar-refractivity contribution in [2.45, 2.75) is 44.6 Å². The minimum Gasteiger partial charge on any atom is -0.352 e. The fraction of sp³-hybridized carbons (Fsp3) is 0.923. The highest BCUT2D eigenvalue weighted by Crippen LogP contribution is 2.12. The molecule has 0 aliphatic carbocycles. The van der Waals surface area contributed by atoms with E-state index in [1.54, 1.807) is 0 Å². The molecule has 1 atom stereocenters. The molecule has 2 heterocycles. The number of nitrogens with zero attached hydrogens (tertiary/aromatic N) is 1. The van der Waals surface area contributed by atoms with Crippen LogP contribution in [0.2, 0.25) is 0 Å².